The number of nitrogens with zero attached hydrogens (tertiary/aromatic N) is 4. The summed E-state index contributed by atoms with van der Waals surface area (Å²) in [5, 5.41) is 0.919. The normalized spacial score (nSPS) is 14.1. The van der Waals surface area contributed by atoms with Crippen LogP contribution in [0.5, 0.6) is 5.75 Å². The van der Waals surface area contributed by atoms with Crippen LogP contribution in [0.25, 0.3) is 0 Å². The number of piperidine rings is 1. The van der Waals surface area contributed by atoms with Gasteiger partial charge in [-0.05, 0) is 43.4 Å². The average Bonchev–Trinajstić information content (AvgIpc) is 3.22. The summed E-state index contributed by atoms with van der Waals surface area (Å²) in [4.78, 5) is 21.6. The monoisotopic (exact) mass is 416 g/mol. The van der Waals surface area contributed by atoms with E-state index in [1.807, 2.05) is 23.1 Å². The number of carbonyl (C=O) groups is 1. The van der Waals surface area contributed by atoms with E-state index >= 15 is 0 Å². The molecule has 1 fully saturated rings. The van der Waals surface area contributed by atoms with Crippen molar-refractivity contribution >= 4 is 22.6 Å². The van der Waals surface area contributed by atoms with Gasteiger partial charge in [0.25, 0.3) is 0 Å². The minimum Gasteiger partial charge on any atom is -0.497 e. The molecule has 1 aromatic carbocycles. The number of hydrogen-bond donors (Lipinski definition) is 0. The third kappa shape index (κ3) is 6.42. The number of anilines is 1. The van der Waals surface area contributed by atoms with Crippen molar-refractivity contribution in [1.29, 1.82) is 0 Å². The second-order valence-electron chi connectivity index (χ2n) is 7.55. The van der Waals surface area contributed by atoms with Crippen molar-refractivity contribution in [2.75, 3.05) is 38.2 Å². The molecule has 0 atom stereocenters. The quantitative estimate of drug-likeness (QED) is 0.582. The Morgan fingerprint density at radius 2 is 2.07 bits per heavy atom. The van der Waals surface area contributed by atoms with E-state index in [-0.39, 0.29) is 5.91 Å². The summed E-state index contributed by atoms with van der Waals surface area (Å²) in [5.41, 5.74) is 1.13. The lowest BCUT2D eigenvalue weighted by Crippen LogP contribution is -2.38. The Bertz CT molecular complexity index is 774. The van der Waals surface area contributed by atoms with Crippen LogP contribution in [0.2, 0.25) is 0 Å². The van der Waals surface area contributed by atoms with Gasteiger partial charge in [-0.15, -0.1) is 0 Å². The molecule has 0 aliphatic carbocycles. The van der Waals surface area contributed by atoms with E-state index in [9.17, 15) is 4.79 Å². The van der Waals surface area contributed by atoms with Crippen molar-refractivity contribution < 1.29 is 9.53 Å². The minimum absolute atomic E-state index is 0.271. The summed E-state index contributed by atoms with van der Waals surface area (Å²) in [6, 6.07) is 8.01. The van der Waals surface area contributed by atoms with Crippen LogP contribution in [-0.4, -0.2) is 53.5 Å². The molecule has 1 amide bonds. The molecule has 158 valence electrons. The van der Waals surface area contributed by atoms with Crippen molar-refractivity contribution in [3.8, 4) is 5.75 Å². The highest BCUT2D eigenvalue weighted by molar-refractivity contribution is 7.09. The molecule has 29 heavy (non-hydrogen) atoms. The first-order valence-corrected chi connectivity index (χ1v) is 11.4. The number of likely N-dealkylation sites (tertiary alicyclic amines) is 1. The smallest absolute Gasteiger partial charge is 0.224 e. The summed E-state index contributed by atoms with van der Waals surface area (Å²) >= 11 is 1.43. The minimum atomic E-state index is 0.271. The molecule has 1 aliphatic rings. The Morgan fingerprint density at radius 3 is 2.83 bits per heavy atom. The van der Waals surface area contributed by atoms with Crippen LogP contribution in [0.3, 0.4) is 0 Å². The molecular formula is C22H32N4O2S. The van der Waals surface area contributed by atoms with Crippen molar-refractivity contribution in [3.63, 3.8) is 0 Å². The summed E-state index contributed by atoms with van der Waals surface area (Å²) in [7, 11) is 1.68. The van der Waals surface area contributed by atoms with Gasteiger partial charge in [0, 0.05) is 50.6 Å². The van der Waals surface area contributed by atoms with E-state index in [2.05, 4.69) is 22.3 Å². The molecule has 1 aliphatic heterocycles. The van der Waals surface area contributed by atoms with Gasteiger partial charge in [0.15, 0.2) is 0 Å². The van der Waals surface area contributed by atoms with E-state index in [0.717, 1.165) is 67.6 Å². The molecule has 0 spiro atoms. The number of ether oxygens (including phenoxy) is 1. The van der Waals surface area contributed by atoms with Gasteiger partial charge in [-0.2, -0.15) is 4.37 Å². The van der Waals surface area contributed by atoms with E-state index in [4.69, 9.17) is 9.72 Å². The number of unbranched alkanes of at least 4 members (excludes halogenated alkanes) is 1. The standard InChI is InChI=1S/C22H32N4O2S/c1-3-4-12-26(15-11-21(27)25-13-6-5-7-14-25)22-23-20(24-29-22)17-18-9-8-10-19(16-18)28-2/h8-10,16H,3-7,11-15,17H2,1-2H3. The molecule has 0 bridgehead atoms. The molecule has 0 radical (unpaired) electrons. The van der Waals surface area contributed by atoms with E-state index in [1.54, 1.807) is 7.11 Å². The van der Waals surface area contributed by atoms with Gasteiger partial charge in [0.05, 0.1) is 7.11 Å². The average molecular weight is 417 g/mol. The number of benzene rings is 1. The first-order chi connectivity index (χ1) is 14.2. The van der Waals surface area contributed by atoms with Crippen molar-refractivity contribution in [2.24, 2.45) is 0 Å². The highest BCUT2D eigenvalue weighted by atomic mass is 32.1. The van der Waals surface area contributed by atoms with Gasteiger partial charge in [0.2, 0.25) is 11.0 Å². The summed E-state index contributed by atoms with van der Waals surface area (Å²) < 4.78 is 9.87. The lowest BCUT2D eigenvalue weighted by Gasteiger charge is -2.28. The highest BCUT2D eigenvalue weighted by Crippen LogP contribution is 2.22. The maximum absolute atomic E-state index is 12.6. The lowest BCUT2D eigenvalue weighted by atomic mass is 10.1. The maximum Gasteiger partial charge on any atom is 0.224 e. The summed E-state index contributed by atoms with van der Waals surface area (Å²) in [5.74, 6) is 1.94. The van der Waals surface area contributed by atoms with Crippen LogP contribution in [0.4, 0.5) is 5.13 Å². The molecule has 3 rings (SSSR count). The van der Waals surface area contributed by atoms with Gasteiger partial charge in [0.1, 0.15) is 11.6 Å². The van der Waals surface area contributed by atoms with E-state index in [0.29, 0.717) is 19.4 Å². The number of amides is 1. The molecule has 1 saturated heterocycles. The van der Waals surface area contributed by atoms with E-state index < -0.39 is 0 Å². The van der Waals surface area contributed by atoms with Crippen LogP contribution in [0, 0.1) is 0 Å². The molecule has 0 N–H and O–H groups in total. The molecule has 6 nitrogen and oxygen atoms in total. The van der Waals surface area contributed by atoms with Gasteiger partial charge >= 0.3 is 0 Å². The number of aromatic nitrogens is 2. The van der Waals surface area contributed by atoms with Crippen LogP contribution in [0.1, 0.15) is 56.8 Å². The topological polar surface area (TPSA) is 58.6 Å². The van der Waals surface area contributed by atoms with Crippen LogP contribution in [-0.2, 0) is 11.2 Å². The summed E-state index contributed by atoms with van der Waals surface area (Å²) in [6.45, 7) is 5.64. The van der Waals surface area contributed by atoms with Crippen molar-refractivity contribution in [3.05, 3.63) is 35.7 Å². The molecule has 0 unspecified atom stereocenters. The molecule has 1 aromatic heterocycles. The van der Waals surface area contributed by atoms with Gasteiger partial charge in [-0.25, -0.2) is 4.98 Å². The zero-order valence-electron chi connectivity index (χ0n) is 17.6. The number of methoxy groups -OCH3 is 1. The number of rotatable bonds is 10. The molecule has 2 aromatic rings. The second kappa shape index (κ2) is 11.1. The van der Waals surface area contributed by atoms with Crippen molar-refractivity contribution in [1.82, 2.24) is 14.3 Å². The Labute approximate surface area is 178 Å². The SMILES string of the molecule is CCCCN(CCC(=O)N1CCCCC1)c1nc(Cc2cccc(OC)c2)ns1. The zero-order chi connectivity index (χ0) is 20.5. The Hall–Kier alpha value is -2.15. The largest absolute Gasteiger partial charge is 0.497 e. The first kappa shape index (κ1) is 21.6. The van der Waals surface area contributed by atoms with Gasteiger partial charge < -0.3 is 14.5 Å². The van der Waals surface area contributed by atoms with Gasteiger partial charge in [-0.3, -0.25) is 4.79 Å². The Morgan fingerprint density at radius 1 is 1.24 bits per heavy atom. The van der Waals surface area contributed by atoms with Gasteiger partial charge in [-0.1, -0.05) is 25.5 Å². The predicted molar refractivity (Wildman–Crippen MR) is 118 cm³/mol. The fourth-order valence-electron chi connectivity index (χ4n) is 3.59. The van der Waals surface area contributed by atoms with Crippen LogP contribution < -0.4 is 9.64 Å². The third-order valence-electron chi connectivity index (χ3n) is 5.31. The lowest BCUT2D eigenvalue weighted by molar-refractivity contribution is -0.131. The van der Waals surface area contributed by atoms with Crippen molar-refractivity contribution in [2.45, 2.75) is 51.9 Å². The van der Waals surface area contributed by atoms with Crippen LogP contribution in [0.15, 0.2) is 24.3 Å². The molecule has 7 heteroatoms. The fourth-order valence-corrected chi connectivity index (χ4v) is 4.33. The Balaban J connectivity index is 1.61. The summed E-state index contributed by atoms with van der Waals surface area (Å²) in [6.07, 6.45) is 6.95. The maximum atomic E-state index is 12.6. The third-order valence-corrected chi connectivity index (χ3v) is 6.13. The number of hydrogen-bond acceptors (Lipinski definition) is 6. The Kier molecular flexibility index (Phi) is 8.28. The molecule has 0 saturated carbocycles. The molecular weight excluding hydrogens is 384 g/mol. The second-order valence-corrected chi connectivity index (χ2v) is 8.28. The predicted octanol–water partition coefficient (Wildman–Crippen LogP) is 4.15. The molecule has 2 heterocycles. The highest BCUT2D eigenvalue weighted by Gasteiger charge is 2.19. The number of carbonyl (C=O) groups excluding carboxylic acids is 1. The zero-order valence-corrected chi connectivity index (χ0v) is 18.4. The first-order valence-electron chi connectivity index (χ1n) is 10.7. The van der Waals surface area contributed by atoms with Crippen LogP contribution >= 0.6 is 11.5 Å². The fraction of sp³-hybridized carbons (Fsp3) is 0.591. The van der Waals surface area contributed by atoms with E-state index in [1.165, 1.54) is 18.0 Å².